The molecular formula is C20H20N4O2S2. The van der Waals surface area contributed by atoms with Crippen LogP contribution in [0.4, 0.5) is 5.13 Å². The lowest BCUT2D eigenvalue weighted by atomic mass is 10.0. The summed E-state index contributed by atoms with van der Waals surface area (Å²) >= 11 is 2.86. The molecule has 0 spiro atoms. The van der Waals surface area contributed by atoms with Crippen molar-refractivity contribution in [2.24, 2.45) is 0 Å². The zero-order valence-electron chi connectivity index (χ0n) is 15.1. The predicted molar refractivity (Wildman–Crippen MR) is 112 cm³/mol. The van der Waals surface area contributed by atoms with Crippen LogP contribution in [-0.4, -0.2) is 28.5 Å². The number of benzene rings is 2. The molecule has 2 N–H and O–H groups in total. The van der Waals surface area contributed by atoms with Gasteiger partial charge in [0.2, 0.25) is 11.0 Å². The quantitative estimate of drug-likeness (QED) is 0.574. The van der Waals surface area contributed by atoms with Crippen molar-refractivity contribution in [3.05, 3.63) is 65.7 Å². The van der Waals surface area contributed by atoms with Gasteiger partial charge in [0.25, 0.3) is 0 Å². The number of anilines is 1. The molecule has 1 aliphatic heterocycles. The number of carbonyl (C=O) groups is 1. The van der Waals surface area contributed by atoms with Gasteiger partial charge >= 0.3 is 0 Å². The van der Waals surface area contributed by atoms with Gasteiger partial charge in [-0.1, -0.05) is 71.6 Å². The SMILES string of the molecule is O=C(CSc1nnc(NCc2ccccc2)s1)NC1CCOc2ccccc21. The van der Waals surface area contributed by atoms with E-state index in [4.69, 9.17) is 4.74 Å². The number of aromatic nitrogens is 2. The minimum atomic E-state index is -0.0132. The molecule has 0 radical (unpaired) electrons. The monoisotopic (exact) mass is 412 g/mol. The van der Waals surface area contributed by atoms with Gasteiger partial charge in [-0.3, -0.25) is 4.79 Å². The molecule has 4 rings (SSSR count). The number of hydrogen-bond donors (Lipinski definition) is 2. The Bertz CT molecular complexity index is 933. The van der Waals surface area contributed by atoms with Gasteiger partial charge in [0.1, 0.15) is 5.75 Å². The normalized spacial score (nSPS) is 15.4. The molecule has 0 fully saturated rings. The number of amides is 1. The average molecular weight is 413 g/mol. The van der Waals surface area contributed by atoms with Crippen molar-refractivity contribution in [3.63, 3.8) is 0 Å². The number of nitrogens with one attached hydrogen (secondary N) is 2. The third-order valence-corrected chi connectivity index (χ3v) is 6.33. The second kappa shape index (κ2) is 9.07. The smallest absolute Gasteiger partial charge is 0.230 e. The van der Waals surface area contributed by atoms with Gasteiger partial charge in [-0.25, -0.2) is 0 Å². The Morgan fingerprint density at radius 2 is 1.96 bits per heavy atom. The molecule has 1 atom stereocenters. The van der Waals surface area contributed by atoms with Crippen LogP contribution in [0.3, 0.4) is 0 Å². The second-order valence-electron chi connectivity index (χ2n) is 6.30. The van der Waals surface area contributed by atoms with Crippen molar-refractivity contribution >= 4 is 34.1 Å². The molecular weight excluding hydrogens is 392 g/mol. The van der Waals surface area contributed by atoms with Crippen LogP contribution in [0.25, 0.3) is 0 Å². The molecule has 0 saturated heterocycles. The molecule has 0 saturated carbocycles. The van der Waals surface area contributed by atoms with E-state index in [0.717, 1.165) is 27.2 Å². The highest BCUT2D eigenvalue weighted by Gasteiger charge is 2.22. The summed E-state index contributed by atoms with van der Waals surface area (Å²) in [4.78, 5) is 12.4. The van der Waals surface area contributed by atoms with Gasteiger partial charge in [-0.2, -0.15) is 0 Å². The molecule has 1 unspecified atom stereocenters. The van der Waals surface area contributed by atoms with E-state index in [1.165, 1.54) is 28.7 Å². The molecule has 1 aliphatic rings. The number of rotatable bonds is 7. The summed E-state index contributed by atoms with van der Waals surface area (Å²) in [6.45, 7) is 1.31. The Hall–Kier alpha value is -2.58. The summed E-state index contributed by atoms with van der Waals surface area (Å²) in [6.07, 6.45) is 0.778. The summed E-state index contributed by atoms with van der Waals surface area (Å²) in [5.41, 5.74) is 2.22. The first-order valence-corrected chi connectivity index (χ1v) is 10.8. The van der Waals surface area contributed by atoms with Crippen LogP contribution in [0, 0.1) is 0 Å². The fourth-order valence-electron chi connectivity index (χ4n) is 2.97. The molecule has 1 aromatic heterocycles. The molecule has 1 amide bonds. The largest absolute Gasteiger partial charge is 0.493 e. The predicted octanol–water partition coefficient (Wildman–Crippen LogP) is 3.88. The number of nitrogens with zero attached hydrogens (tertiary/aromatic N) is 2. The minimum Gasteiger partial charge on any atom is -0.493 e. The molecule has 28 heavy (non-hydrogen) atoms. The van der Waals surface area contributed by atoms with Gasteiger partial charge in [0.15, 0.2) is 4.34 Å². The van der Waals surface area contributed by atoms with Gasteiger partial charge in [-0.15, -0.1) is 10.2 Å². The maximum Gasteiger partial charge on any atom is 0.230 e. The maximum absolute atomic E-state index is 12.4. The number of fused-ring (bicyclic) bond motifs is 1. The number of carbonyl (C=O) groups excluding carboxylic acids is 1. The Morgan fingerprint density at radius 1 is 1.14 bits per heavy atom. The first-order chi connectivity index (χ1) is 13.8. The van der Waals surface area contributed by atoms with Crippen LogP contribution in [-0.2, 0) is 11.3 Å². The van der Waals surface area contributed by atoms with Gasteiger partial charge in [0.05, 0.1) is 18.4 Å². The molecule has 144 valence electrons. The summed E-state index contributed by atoms with van der Waals surface area (Å²) in [5, 5.41) is 15.4. The standard InChI is InChI=1S/C20H20N4O2S2/c25-18(22-16-10-11-26-17-9-5-4-8-15(16)17)13-27-20-24-23-19(28-20)21-12-14-6-2-1-3-7-14/h1-9,16H,10-13H2,(H,21,23)(H,22,25). The molecule has 6 nitrogen and oxygen atoms in total. The third-order valence-electron chi connectivity index (χ3n) is 4.31. The van der Waals surface area contributed by atoms with Crippen molar-refractivity contribution in [2.45, 2.75) is 23.3 Å². The lowest BCUT2D eigenvalue weighted by Gasteiger charge is -2.26. The summed E-state index contributed by atoms with van der Waals surface area (Å²) in [7, 11) is 0. The van der Waals surface area contributed by atoms with Crippen molar-refractivity contribution in [1.29, 1.82) is 0 Å². The summed E-state index contributed by atoms with van der Waals surface area (Å²) in [6, 6.07) is 18.0. The fourth-order valence-corrected chi connectivity index (χ4v) is 4.53. The van der Waals surface area contributed by atoms with Gasteiger partial charge in [-0.05, 0) is 11.6 Å². The first-order valence-electron chi connectivity index (χ1n) is 9.03. The Morgan fingerprint density at radius 3 is 2.86 bits per heavy atom. The molecule has 3 aromatic rings. The van der Waals surface area contributed by atoms with Gasteiger partial charge < -0.3 is 15.4 Å². The molecule has 8 heteroatoms. The fraction of sp³-hybridized carbons (Fsp3) is 0.250. The second-order valence-corrected chi connectivity index (χ2v) is 8.50. The van der Waals surface area contributed by atoms with E-state index in [-0.39, 0.29) is 11.9 Å². The van der Waals surface area contributed by atoms with E-state index in [0.29, 0.717) is 18.9 Å². The Balaban J connectivity index is 1.26. The topological polar surface area (TPSA) is 76.1 Å². The van der Waals surface area contributed by atoms with E-state index in [2.05, 4.69) is 33.0 Å². The van der Waals surface area contributed by atoms with Crippen LogP contribution < -0.4 is 15.4 Å². The van der Waals surface area contributed by atoms with Crippen LogP contribution in [0.2, 0.25) is 0 Å². The van der Waals surface area contributed by atoms with Crippen molar-refractivity contribution in [1.82, 2.24) is 15.5 Å². The van der Waals surface area contributed by atoms with Crippen LogP contribution in [0.1, 0.15) is 23.6 Å². The lowest BCUT2D eigenvalue weighted by molar-refractivity contribution is -0.119. The number of thioether (sulfide) groups is 1. The molecule has 0 bridgehead atoms. The number of ether oxygens (including phenoxy) is 1. The number of para-hydroxylation sites is 1. The third kappa shape index (κ3) is 4.82. The van der Waals surface area contributed by atoms with Crippen molar-refractivity contribution in [2.75, 3.05) is 17.7 Å². The molecule has 2 heterocycles. The van der Waals surface area contributed by atoms with E-state index < -0.39 is 0 Å². The van der Waals surface area contributed by atoms with E-state index >= 15 is 0 Å². The van der Waals surface area contributed by atoms with Gasteiger partial charge in [0, 0.05) is 18.5 Å². The highest BCUT2D eigenvalue weighted by atomic mass is 32.2. The number of hydrogen-bond acceptors (Lipinski definition) is 7. The Kier molecular flexibility index (Phi) is 6.08. The average Bonchev–Trinajstić information content (AvgIpc) is 3.20. The highest BCUT2D eigenvalue weighted by molar-refractivity contribution is 8.01. The van der Waals surface area contributed by atoms with Crippen LogP contribution in [0.15, 0.2) is 58.9 Å². The molecule has 0 aliphatic carbocycles. The lowest BCUT2D eigenvalue weighted by Crippen LogP contribution is -2.33. The molecule has 2 aromatic carbocycles. The summed E-state index contributed by atoms with van der Waals surface area (Å²) in [5.74, 6) is 1.15. The minimum absolute atomic E-state index is 0.00410. The van der Waals surface area contributed by atoms with Crippen molar-refractivity contribution < 1.29 is 9.53 Å². The maximum atomic E-state index is 12.4. The van der Waals surface area contributed by atoms with Crippen LogP contribution in [0.5, 0.6) is 5.75 Å². The van der Waals surface area contributed by atoms with E-state index in [1.807, 2.05) is 42.5 Å². The van der Waals surface area contributed by atoms with Crippen LogP contribution >= 0.6 is 23.1 Å². The van der Waals surface area contributed by atoms with E-state index in [9.17, 15) is 4.79 Å². The highest BCUT2D eigenvalue weighted by Crippen LogP contribution is 2.32. The Labute approximate surface area is 171 Å². The zero-order valence-corrected chi connectivity index (χ0v) is 16.8. The zero-order chi connectivity index (χ0) is 19.2. The first kappa shape index (κ1) is 18.8. The van der Waals surface area contributed by atoms with Crippen molar-refractivity contribution in [3.8, 4) is 5.75 Å². The summed E-state index contributed by atoms with van der Waals surface area (Å²) < 4.78 is 6.42. The van der Waals surface area contributed by atoms with E-state index in [1.54, 1.807) is 0 Å².